The molecule has 0 saturated heterocycles. The van der Waals surface area contributed by atoms with E-state index >= 15 is 0 Å². The molecule has 0 aliphatic carbocycles. The van der Waals surface area contributed by atoms with Crippen molar-refractivity contribution >= 4 is 10.8 Å². The molecule has 0 spiro atoms. The molecule has 0 fully saturated rings. The van der Waals surface area contributed by atoms with Gasteiger partial charge in [-0.1, -0.05) is 12.1 Å². The largest absolute Gasteiger partial charge is 0.472 e. The second-order valence-corrected chi connectivity index (χ2v) is 7.02. The summed E-state index contributed by atoms with van der Waals surface area (Å²) < 4.78 is 5.07. The fraction of sp³-hybridized carbons (Fsp3) is 0.381. The number of aliphatic hydroxyl groups is 1. The van der Waals surface area contributed by atoms with Crippen LogP contribution in [0.25, 0.3) is 10.8 Å². The lowest BCUT2D eigenvalue weighted by atomic mass is 9.92. The minimum absolute atomic E-state index is 0.397. The van der Waals surface area contributed by atoms with Crippen molar-refractivity contribution in [3.63, 3.8) is 0 Å². The van der Waals surface area contributed by atoms with Gasteiger partial charge < -0.3 is 14.8 Å². The van der Waals surface area contributed by atoms with Crippen LogP contribution in [0.2, 0.25) is 0 Å². The zero-order valence-corrected chi connectivity index (χ0v) is 14.9. The molecule has 0 aliphatic rings. The molecule has 25 heavy (non-hydrogen) atoms. The molecule has 0 radical (unpaired) electrons. The lowest BCUT2D eigenvalue weighted by molar-refractivity contribution is 0.0438. The second-order valence-electron chi connectivity index (χ2n) is 7.02. The van der Waals surface area contributed by atoms with E-state index in [1.807, 2.05) is 31.5 Å². The van der Waals surface area contributed by atoms with Gasteiger partial charge in [0, 0.05) is 35.9 Å². The van der Waals surface area contributed by atoms with Gasteiger partial charge in [0.15, 0.2) is 0 Å². The maximum atomic E-state index is 10.5. The first kappa shape index (κ1) is 17.6. The van der Waals surface area contributed by atoms with Gasteiger partial charge in [-0.15, -0.1) is 0 Å². The second kappa shape index (κ2) is 7.81. The topological polar surface area (TPSA) is 58.3 Å². The van der Waals surface area contributed by atoms with Gasteiger partial charge in [0.25, 0.3) is 0 Å². The molecule has 3 rings (SSSR count). The van der Waals surface area contributed by atoms with E-state index < -0.39 is 5.60 Å². The number of aromatic nitrogens is 1. The number of fused-ring (bicyclic) bond motifs is 1. The molecule has 132 valence electrons. The minimum atomic E-state index is -0.820. The smallest absolute Gasteiger partial charge is 0.0963 e. The molecule has 4 nitrogen and oxygen atoms in total. The monoisotopic (exact) mass is 338 g/mol. The van der Waals surface area contributed by atoms with Gasteiger partial charge in [0.2, 0.25) is 0 Å². The minimum Gasteiger partial charge on any atom is -0.472 e. The van der Waals surface area contributed by atoms with Gasteiger partial charge >= 0.3 is 0 Å². The molecule has 1 aromatic carbocycles. The fourth-order valence-electron chi connectivity index (χ4n) is 3.10. The van der Waals surface area contributed by atoms with Gasteiger partial charge in [0.1, 0.15) is 0 Å². The van der Waals surface area contributed by atoms with Gasteiger partial charge in [-0.3, -0.25) is 4.98 Å². The number of nitrogens with zero attached hydrogens (tertiary/aromatic N) is 1. The molecule has 2 heterocycles. The Morgan fingerprint density at radius 3 is 2.92 bits per heavy atom. The van der Waals surface area contributed by atoms with Crippen LogP contribution in [0.4, 0.5) is 0 Å². The quantitative estimate of drug-likeness (QED) is 0.640. The van der Waals surface area contributed by atoms with E-state index in [1.54, 1.807) is 12.5 Å². The van der Waals surface area contributed by atoms with Crippen LogP contribution in [0.3, 0.4) is 0 Å². The number of rotatable bonds is 8. The van der Waals surface area contributed by atoms with Gasteiger partial charge in [-0.25, -0.2) is 0 Å². The Kier molecular flexibility index (Phi) is 5.51. The molecular weight excluding hydrogens is 312 g/mol. The predicted molar refractivity (Wildman–Crippen MR) is 100 cm³/mol. The Bertz CT molecular complexity index is 797. The van der Waals surface area contributed by atoms with Crippen LogP contribution in [0, 0.1) is 0 Å². The van der Waals surface area contributed by atoms with E-state index in [0.717, 1.165) is 31.4 Å². The first-order valence-corrected chi connectivity index (χ1v) is 8.86. The van der Waals surface area contributed by atoms with Crippen molar-refractivity contribution in [2.45, 2.75) is 51.3 Å². The summed E-state index contributed by atoms with van der Waals surface area (Å²) in [7, 11) is 0. The lowest BCUT2D eigenvalue weighted by Gasteiger charge is -2.23. The molecule has 2 aromatic heterocycles. The van der Waals surface area contributed by atoms with Gasteiger partial charge in [-0.05, 0) is 62.3 Å². The molecule has 0 aliphatic heterocycles. The molecular formula is C21H26N2O2. The van der Waals surface area contributed by atoms with Crippen molar-refractivity contribution in [3.05, 3.63) is 66.4 Å². The third kappa shape index (κ3) is 4.68. The van der Waals surface area contributed by atoms with Crippen molar-refractivity contribution in [2.75, 3.05) is 0 Å². The van der Waals surface area contributed by atoms with Crippen molar-refractivity contribution in [3.8, 4) is 0 Å². The maximum Gasteiger partial charge on any atom is 0.0963 e. The zero-order valence-electron chi connectivity index (χ0n) is 14.9. The van der Waals surface area contributed by atoms with Crippen molar-refractivity contribution in [1.29, 1.82) is 0 Å². The van der Waals surface area contributed by atoms with E-state index in [-0.39, 0.29) is 0 Å². The SMILES string of the molecule is C[C@H](CCCC(C)(O)c1ccoc1)NCc1ccc2cnccc2c1. The summed E-state index contributed by atoms with van der Waals surface area (Å²) in [5, 5.41) is 16.5. The van der Waals surface area contributed by atoms with Gasteiger partial charge in [0.05, 0.1) is 18.1 Å². The number of pyridine rings is 1. The standard InChI is InChI=1S/C21H26N2O2/c1-16(4-3-9-21(2,24)20-8-11-25-15-20)23-13-17-5-6-19-14-22-10-7-18(19)12-17/h5-8,10-12,14-16,23-24H,3-4,9,13H2,1-2H3/t16-,21?/m1/s1. The fourth-order valence-corrected chi connectivity index (χ4v) is 3.10. The molecule has 4 heteroatoms. The Morgan fingerprint density at radius 1 is 1.24 bits per heavy atom. The predicted octanol–water partition coefficient (Wildman–Crippen LogP) is 4.38. The summed E-state index contributed by atoms with van der Waals surface area (Å²) in [6, 6.07) is 10.7. The normalized spacial score (nSPS) is 15.2. The summed E-state index contributed by atoms with van der Waals surface area (Å²) >= 11 is 0. The third-order valence-corrected chi connectivity index (χ3v) is 4.80. The van der Waals surface area contributed by atoms with Crippen LogP contribution < -0.4 is 5.32 Å². The van der Waals surface area contributed by atoms with Crippen LogP contribution in [-0.4, -0.2) is 16.1 Å². The summed E-state index contributed by atoms with van der Waals surface area (Å²) in [6.45, 7) is 4.88. The Hall–Kier alpha value is -2.17. The Labute approximate surface area is 148 Å². The average molecular weight is 338 g/mol. The number of hydrogen-bond donors (Lipinski definition) is 2. The Balaban J connectivity index is 1.45. The van der Waals surface area contributed by atoms with E-state index in [9.17, 15) is 5.11 Å². The number of benzene rings is 1. The van der Waals surface area contributed by atoms with Crippen LogP contribution in [0.15, 0.2) is 59.7 Å². The zero-order chi connectivity index (χ0) is 17.7. The summed E-state index contributed by atoms with van der Waals surface area (Å²) in [4.78, 5) is 4.15. The first-order chi connectivity index (χ1) is 12.0. The summed E-state index contributed by atoms with van der Waals surface area (Å²) in [6.07, 6.45) is 9.64. The molecule has 3 aromatic rings. The highest BCUT2D eigenvalue weighted by atomic mass is 16.3. The molecule has 2 atom stereocenters. The molecule has 2 N–H and O–H groups in total. The van der Waals surface area contributed by atoms with Crippen LogP contribution in [-0.2, 0) is 12.1 Å². The van der Waals surface area contributed by atoms with Crippen LogP contribution in [0.5, 0.6) is 0 Å². The first-order valence-electron chi connectivity index (χ1n) is 8.86. The highest BCUT2D eigenvalue weighted by Gasteiger charge is 2.23. The number of furan rings is 1. The van der Waals surface area contributed by atoms with E-state index in [2.05, 4.69) is 35.4 Å². The molecule has 1 unspecified atom stereocenters. The van der Waals surface area contributed by atoms with E-state index in [4.69, 9.17) is 4.42 Å². The summed E-state index contributed by atoms with van der Waals surface area (Å²) in [5.41, 5.74) is 1.30. The highest BCUT2D eigenvalue weighted by molar-refractivity contribution is 5.81. The molecule has 0 amide bonds. The van der Waals surface area contributed by atoms with Crippen molar-refractivity contribution in [2.24, 2.45) is 0 Å². The number of nitrogens with one attached hydrogen (secondary N) is 1. The maximum absolute atomic E-state index is 10.5. The Morgan fingerprint density at radius 2 is 2.12 bits per heavy atom. The van der Waals surface area contributed by atoms with Crippen LogP contribution in [0.1, 0.15) is 44.2 Å². The molecule has 0 bridgehead atoms. The van der Waals surface area contributed by atoms with Crippen molar-refractivity contribution < 1.29 is 9.52 Å². The van der Waals surface area contributed by atoms with Crippen LogP contribution >= 0.6 is 0 Å². The molecule has 0 saturated carbocycles. The lowest BCUT2D eigenvalue weighted by Crippen LogP contribution is -2.27. The van der Waals surface area contributed by atoms with E-state index in [1.165, 1.54) is 16.3 Å². The van der Waals surface area contributed by atoms with E-state index in [0.29, 0.717) is 6.04 Å². The summed E-state index contributed by atoms with van der Waals surface area (Å²) in [5.74, 6) is 0. The third-order valence-electron chi connectivity index (χ3n) is 4.80. The van der Waals surface area contributed by atoms with Crippen molar-refractivity contribution in [1.82, 2.24) is 10.3 Å². The number of hydrogen-bond acceptors (Lipinski definition) is 4. The average Bonchev–Trinajstić information content (AvgIpc) is 3.15. The highest BCUT2D eigenvalue weighted by Crippen LogP contribution is 2.27. The van der Waals surface area contributed by atoms with Gasteiger partial charge in [-0.2, -0.15) is 0 Å².